The third kappa shape index (κ3) is 2.88. The van der Waals surface area contributed by atoms with E-state index in [1.165, 1.54) is 6.07 Å². The topological polar surface area (TPSA) is 104 Å². The summed E-state index contributed by atoms with van der Waals surface area (Å²) < 4.78 is 0. The highest BCUT2D eigenvalue weighted by Crippen LogP contribution is 2.34. The van der Waals surface area contributed by atoms with E-state index in [0.29, 0.717) is 30.6 Å². The number of nitro groups is 1. The van der Waals surface area contributed by atoms with Crippen LogP contribution in [-0.2, 0) is 11.2 Å². The molecule has 1 aromatic carbocycles. The zero-order chi connectivity index (χ0) is 14.7. The van der Waals surface area contributed by atoms with Gasteiger partial charge >= 0.3 is 0 Å². The molecule has 1 aliphatic rings. The normalized spacial score (nSPS) is 15.2. The van der Waals surface area contributed by atoms with Crippen molar-refractivity contribution in [1.29, 1.82) is 0 Å². The molecular weight excluding hydrogens is 262 g/mol. The maximum atomic E-state index is 11.3. The molecule has 0 radical (unpaired) electrons. The van der Waals surface area contributed by atoms with Gasteiger partial charge in [-0.15, -0.1) is 0 Å². The van der Waals surface area contributed by atoms with Crippen LogP contribution >= 0.6 is 0 Å². The lowest BCUT2D eigenvalue weighted by Gasteiger charge is -2.20. The van der Waals surface area contributed by atoms with Crippen LogP contribution in [0.4, 0.5) is 17.1 Å². The number of carbonyl (C=O) groups excluding carboxylic acids is 1. The van der Waals surface area contributed by atoms with Crippen LogP contribution in [-0.4, -0.2) is 28.6 Å². The maximum Gasteiger partial charge on any atom is 0.294 e. The molecule has 0 bridgehead atoms. The number of fused-ring (bicyclic) bond motifs is 1. The second-order valence-electron chi connectivity index (χ2n) is 4.76. The van der Waals surface area contributed by atoms with Crippen molar-refractivity contribution in [2.24, 2.45) is 0 Å². The number of hydrogen-bond donors (Lipinski definition) is 3. The third-order valence-electron chi connectivity index (χ3n) is 3.39. The Morgan fingerprint density at radius 2 is 2.25 bits per heavy atom. The summed E-state index contributed by atoms with van der Waals surface area (Å²) in [5.74, 6) is -0.130. The van der Waals surface area contributed by atoms with E-state index in [0.717, 1.165) is 5.56 Å². The molecule has 0 spiro atoms. The number of nitro benzene ring substituents is 1. The van der Waals surface area contributed by atoms with E-state index in [4.69, 9.17) is 0 Å². The number of aryl methyl sites for hydroxylation is 1. The molecule has 1 unspecified atom stereocenters. The Kier molecular flexibility index (Phi) is 4.19. The van der Waals surface area contributed by atoms with E-state index in [-0.39, 0.29) is 24.2 Å². The number of hydrogen-bond acceptors (Lipinski definition) is 5. The number of nitrogens with one attached hydrogen (secondary N) is 2. The molecular formula is C13H17N3O4. The predicted octanol–water partition coefficient (Wildman–Crippen LogP) is 1.66. The van der Waals surface area contributed by atoms with E-state index in [2.05, 4.69) is 10.6 Å². The summed E-state index contributed by atoms with van der Waals surface area (Å²) in [6, 6.07) is 2.83. The molecule has 0 aliphatic carbocycles. The Labute approximate surface area is 116 Å². The summed E-state index contributed by atoms with van der Waals surface area (Å²) in [6.07, 6.45) is 1.59. The number of carbonyl (C=O) groups is 1. The largest absolute Gasteiger partial charge is 0.394 e. The quantitative estimate of drug-likeness (QED) is 0.561. The number of rotatable bonds is 5. The average molecular weight is 279 g/mol. The molecule has 7 nitrogen and oxygen atoms in total. The minimum Gasteiger partial charge on any atom is -0.394 e. The van der Waals surface area contributed by atoms with Gasteiger partial charge in [0, 0.05) is 18.5 Å². The number of aliphatic hydroxyl groups excluding tert-OH is 1. The lowest BCUT2D eigenvalue weighted by molar-refractivity contribution is -0.383. The van der Waals surface area contributed by atoms with Gasteiger partial charge in [-0.25, -0.2) is 0 Å². The smallest absolute Gasteiger partial charge is 0.294 e. The Bertz CT molecular complexity index is 541. The van der Waals surface area contributed by atoms with E-state index >= 15 is 0 Å². The van der Waals surface area contributed by atoms with Gasteiger partial charge in [-0.2, -0.15) is 0 Å². The highest BCUT2D eigenvalue weighted by molar-refractivity contribution is 5.95. The van der Waals surface area contributed by atoms with Gasteiger partial charge in [0.15, 0.2) is 0 Å². The van der Waals surface area contributed by atoms with Crippen LogP contribution in [0.3, 0.4) is 0 Å². The van der Waals surface area contributed by atoms with Crippen molar-refractivity contribution >= 4 is 23.0 Å². The summed E-state index contributed by atoms with van der Waals surface area (Å²) in [5, 5.41) is 26.0. The van der Waals surface area contributed by atoms with Crippen molar-refractivity contribution in [1.82, 2.24) is 0 Å². The second-order valence-corrected chi connectivity index (χ2v) is 4.76. The molecule has 0 saturated heterocycles. The summed E-state index contributed by atoms with van der Waals surface area (Å²) in [4.78, 5) is 22.0. The van der Waals surface area contributed by atoms with Gasteiger partial charge in [-0.05, 0) is 24.5 Å². The maximum absolute atomic E-state index is 11.3. The van der Waals surface area contributed by atoms with Gasteiger partial charge in [0.25, 0.3) is 5.69 Å². The van der Waals surface area contributed by atoms with Crippen molar-refractivity contribution in [3.05, 3.63) is 27.8 Å². The predicted molar refractivity (Wildman–Crippen MR) is 74.8 cm³/mol. The number of benzene rings is 1. The lowest BCUT2D eigenvalue weighted by Crippen LogP contribution is -2.24. The highest BCUT2D eigenvalue weighted by atomic mass is 16.6. The Balaban J connectivity index is 2.39. The van der Waals surface area contributed by atoms with E-state index in [1.807, 2.05) is 6.92 Å². The fourth-order valence-electron chi connectivity index (χ4n) is 2.18. The second kappa shape index (κ2) is 5.87. The molecule has 7 heteroatoms. The van der Waals surface area contributed by atoms with Crippen molar-refractivity contribution in [3.8, 4) is 0 Å². The third-order valence-corrected chi connectivity index (χ3v) is 3.39. The number of amides is 1. The Hall–Kier alpha value is -2.15. The Morgan fingerprint density at radius 3 is 2.85 bits per heavy atom. The van der Waals surface area contributed by atoms with Crippen LogP contribution < -0.4 is 10.6 Å². The summed E-state index contributed by atoms with van der Waals surface area (Å²) in [6.45, 7) is 1.79. The summed E-state index contributed by atoms with van der Waals surface area (Å²) in [7, 11) is 0. The fraction of sp³-hybridized carbons (Fsp3) is 0.462. The molecule has 20 heavy (non-hydrogen) atoms. The molecule has 3 N–H and O–H groups in total. The first-order valence-corrected chi connectivity index (χ1v) is 6.53. The van der Waals surface area contributed by atoms with Gasteiger partial charge < -0.3 is 15.7 Å². The van der Waals surface area contributed by atoms with E-state index < -0.39 is 4.92 Å². The van der Waals surface area contributed by atoms with Crippen LogP contribution in [0.15, 0.2) is 12.1 Å². The molecule has 2 rings (SSSR count). The van der Waals surface area contributed by atoms with Crippen LogP contribution in [0, 0.1) is 10.1 Å². The monoisotopic (exact) mass is 279 g/mol. The van der Waals surface area contributed by atoms with Gasteiger partial charge in [0.1, 0.15) is 5.69 Å². The van der Waals surface area contributed by atoms with E-state index in [1.54, 1.807) is 6.07 Å². The molecule has 108 valence electrons. The number of anilines is 2. The first-order valence-electron chi connectivity index (χ1n) is 6.53. The van der Waals surface area contributed by atoms with Gasteiger partial charge in [-0.1, -0.05) is 6.92 Å². The van der Waals surface area contributed by atoms with Crippen LogP contribution in [0.5, 0.6) is 0 Å². The van der Waals surface area contributed by atoms with Gasteiger partial charge in [0.05, 0.1) is 17.2 Å². The van der Waals surface area contributed by atoms with Crippen molar-refractivity contribution in [2.45, 2.75) is 32.2 Å². The fourth-order valence-corrected chi connectivity index (χ4v) is 2.18. The minimum absolute atomic E-state index is 0.0958. The zero-order valence-electron chi connectivity index (χ0n) is 11.2. The lowest BCUT2D eigenvalue weighted by atomic mass is 10.0. The molecule has 0 saturated carbocycles. The first kappa shape index (κ1) is 14.3. The van der Waals surface area contributed by atoms with Crippen molar-refractivity contribution in [2.75, 3.05) is 17.2 Å². The van der Waals surface area contributed by atoms with Crippen LogP contribution in [0.2, 0.25) is 0 Å². The molecule has 0 fully saturated rings. The van der Waals surface area contributed by atoms with Crippen LogP contribution in [0.25, 0.3) is 0 Å². The average Bonchev–Trinajstić information content (AvgIpc) is 2.43. The molecule has 1 amide bonds. The standard InChI is InChI=1S/C13H17N3O4/c1-2-9(7-17)14-11-5-8-3-4-13(18)15-10(8)6-12(11)16(19)20/h5-6,9,14,17H,2-4,7H2,1H3,(H,15,18). The van der Waals surface area contributed by atoms with E-state index in [9.17, 15) is 20.0 Å². The first-order chi connectivity index (χ1) is 9.55. The van der Waals surface area contributed by atoms with Gasteiger partial charge in [-0.3, -0.25) is 14.9 Å². The molecule has 1 heterocycles. The molecule has 1 aromatic rings. The Morgan fingerprint density at radius 1 is 1.50 bits per heavy atom. The van der Waals surface area contributed by atoms with Gasteiger partial charge in [0.2, 0.25) is 5.91 Å². The molecule has 0 aromatic heterocycles. The number of aliphatic hydroxyl groups is 1. The van der Waals surface area contributed by atoms with Crippen LogP contribution in [0.1, 0.15) is 25.3 Å². The number of nitrogens with zero attached hydrogens (tertiary/aromatic N) is 1. The minimum atomic E-state index is -0.493. The SMILES string of the molecule is CCC(CO)Nc1cc2c(cc1[N+](=O)[O-])NC(=O)CC2. The van der Waals surface area contributed by atoms with Crippen molar-refractivity contribution < 1.29 is 14.8 Å². The summed E-state index contributed by atoms with van der Waals surface area (Å²) in [5.41, 5.74) is 1.64. The molecule has 1 atom stereocenters. The molecule has 1 aliphatic heterocycles. The zero-order valence-corrected chi connectivity index (χ0v) is 11.2. The summed E-state index contributed by atoms with van der Waals surface area (Å²) >= 11 is 0. The van der Waals surface area contributed by atoms with Crippen molar-refractivity contribution in [3.63, 3.8) is 0 Å². The highest BCUT2D eigenvalue weighted by Gasteiger charge is 2.23.